The molecule has 1 N–H and O–H groups in total. The van der Waals surface area contributed by atoms with Gasteiger partial charge < -0.3 is 15.0 Å². The predicted octanol–water partition coefficient (Wildman–Crippen LogP) is 5.46. The molecule has 0 bridgehead atoms. The summed E-state index contributed by atoms with van der Waals surface area (Å²) in [5, 5.41) is 3.03. The van der Waals surface area contributed by atoms with Crippen molar-refractivity contribution in [3.63, 3.8) is 0 Å². The molecular formula is C33H33ClFN3O5S. The molecule has 8 nitrogen and oxygen atoms in total. The van der Waals surface area contributed by atoms with E-state index in [-0.39, 0.29) is 34.3 Å². The fraction of sp³-hybridized carbons (Fsp3) is 0.212. The zero-order valence-corrected chi connectivity index (χ0v) is 25.9. The number of nitrogens with one attached hydrogen (secondary N) is 1. The van der Waals surface area contributed by atoms with Gasteiger partial charge in [-0.05, 0) is 60.5 Å². The van der Waals surface area contributed by atoms with E-state index in [1.165, 1.54) is 60.5 Å². The van der Waals surface area contributed by atoms with Crippen molar-refractivity contribution < 1.29 is 27.1 Å². The van der Waals surface area contributed by atoms with Gasteiger partial charge in [-0.1, -0.05) is 72.3 Å². The number of anilines is 1. The molecule has 0 aromatic heterocycles. The van der Waals surface area contributed by atoms with Crippen molar-refractivity contribution in [3.05, 3.63) is 125 Å². The van der Waals surface area contributed by atoms with Crippen LogP contribution in [0.5, 0.6) is 5.75 Å². The number of benzene rings is 4. The van der Waals surface area contributed by atoms with Gasteiger partial charge in [0.25, 0.3) is 10.0 Å². The summed E-state index contributed by atoms with van der Waals surface area (Å²) < 4.78 is 48.4. The Bertz CT molecular complexity index is 1670. The number of sulfonamides is 1. The molecule has 0 saturated carbocycles. The zero-order valence-electron chi connectivity index (χ0n) is 24.3. The number of amides is 2. The van der Waals surface area contributed by atoms with Crippen LogP contribution in [0, 0.1) is 5.82 Å². The van der Waals surface area contributed by atoms with Crippen LogP contribution in [0.1, 0.15) is 18.1 Å². The number of rotatable bonds is 13. The van der Waals surface area contributed by atoms with Gasteiger partial charge in [0.05, 0.1) is 17.7 Å². The minimum Gasteiger partial charge on any atom is -0.495 e. The molecular weight excluding hydrogens is 605 g/mol. The molecule has 0 saturated heterocycles. The van der Waals surface area contributed by atoms with Gasteiger partial charge in [-0.3, -0.25) is 13.9 Å². The number of likely N-dealkylation sites (N-methyl/N-ethyl adjacent to an activating group) is 1. The lowest BCUT2D eigenvalue weighted by Crippen LogP contribution is -2.53. The van der Waals surface area contributed by atoms with Gasteiger partial charge >= 0.3 is 0 Å². The van der Waals surface area contributed by atoms with Crippen LogP contribution in [0.4, 0.5) is 10.1 Å². The van der Waals surface area contributed by atoms with Crippen molar-refractivity contribution in [1.29, 1.82) is 0 Å². The van der Waals surface area contributed by atoms with E-state index in [0.717, 1.165) is 9.87 Å². The van der Waals surface area contributed by atoms with Gasteiger partial charge in [-0.2, -0.15) is 0 Å². The molecule has 1 atom stereocenters. The summed E-state index contributed by atoms with van der Waals surface area (Å²) >= 11 is 6.29. The molecule has 0 aliphatic heterocycles. The molecule has 0 aliphatic carbocycles. The number of halogens is 2. The average molecular weight is 638 g/mol. The smallest absolute Gasteiger partial charge is 0.264 e. The summed E-state index contributed by atoms with van der Waals surface area (Å²) in [4.78, 5) is 29.2. The maximum atomic E-state index is 14.4. The number of hydrogen-bond donors (Lipinski definition) is 1. The van der Waals surface area contributed by atoms with Crippen LogP contribution in [0.25, 0.3) is 0 Å². The molecule has 4 aromatic rings. The Morgan fingerprint density at radius 1 is 0.909 bits per heavy atom. The summed E-state index contributed by atoms with van der Waals surface area (Å²) in [6, 6.07) is 25.9. The van der Waals surface area contributed by atoms with Crippen molar-refractivity contribution in [1.82, 2.24) is 10.2 Å². The van der Waals surface area contributed by atoms with Crippen molar-refractivity contribution in [3.8, 4) is 5.75 Å². The number of nitrogens with zero attached hydrogens (tertiary/aromatic N) is 2. The van der Waals surface area contributed by atoms with Gasteiger partial charge in [0.2, 0.25) is 11.8 Å². The molecule has 4 rings (SSSR count). The molecule has 0 spiro atoms. The normalized spacial score (nSPS) is 11.8. The lowest BCUT2D eigenvalue weighted by molar-refractivity contribution is -0.140. The van der Waals surface area contributed by atoms with Gasteiger partial charge in [0, 0.05) is 24.5 Å². The highest BCUT2D eigenvalue weighted by Gasteiger charge is 2.35. The highest BCUT2D eigenvalue weighted by atomic mass is 35.5. The second-order valence-electron chi connectivity index (χ2n) is 9.89. The largest absolute Gasteiger partial charge is 0.495 e. The molecule has 0 radical (unpaired) electrons. The molecule has 4 aromatic carbocycles. The number of carbonyl (C=O) groups is 2. The first-order chi connectivity index (χ1) is 21.1. The van der Waals surface area contributed by atoms with E-state index in [1.807, 2.05) is 30.3 Å². The zero-order chi connectivity index (χ0) is 31.7. The minimum atomic E-state index is -4.33. The fourth-order valence-electron chi connectivity index (χ4n) is 4.72. The first kappa shape index (κ1) is 32.5. The van der Waals surface area contributed by atoms with E-state index < -0.39 is 40.2 Å². The van der Waals surface area contributed by atoms with Crippen molar-refractivity contribution in [2.24, 2.45) is 0 Å². The van der Waals surface area contributed by atoms with Crippen LogP contribution in [0.3, 0.4) is 0 Å². The Balaban J connectivity index is 1.83. The molecule has 2 amide bonds. The van der Waals surface area contributed by atoms with Gasteiger partial charge in [-0.25, -0.2) is 12.8 Å². The van der Waals surface area contributed by atoms with E-state index in [9.17, 15) is 22.4 Å². The first-order valence-corrected chi connectivity index (χ1v) is 15.7. The number of hydrogen-bond acceptors (Lipinski definition) is 5. The molecule has 230 valence electrons. The number of methoxy groups -OCH3 is 1. The summed E-state index contributed by atoms with van der Waals surface area (Å²) in [7, 11) is -2.95. The van der Waals surface area contributed by atoms with E-state index in [2.05, 4.69) is 5.32 Å². The summed E-state index contributed by atoms with van der Waals surface area (Å²) in [6.07, 6.45) is 0.158. The highest BCUT2D eigenvalue weighted by Crippen LogP contribution is 2.35. The topological polar surface area (TPSA) is 96.0 Å². The summed E-state index contributed by atoms with van der Waals surface area (Å²) in [5.74, 6) is -1.35. The Morgan fingerprint density at radius 3 is 2.16 bits per heavy atom. The molecule has 0 unspecified atom stereocenters. The van der Waals surface area contributed by atoms with Crippen LogP contribution in [-0.2, 0) is 32.6 Å². The Kier molecular flexibility index (Phi) is 11.0. The second-order valence-corrected chi connectivity index (χ2v) is 12.2. The highest BCUT2D eigenvalue weighted by molar-refractivity contribution is 7.92. The lowest BCUT2D eigenvalue weighted by Gasteiger charge is -2.34. The quantitative estimate of drug-likeness (QED) is 0.210. The second kappa shape index (κ2) is 14.9. The average Bonchev–Trinajstić information content (AvgIpc) is 3.03. The molecule has 44 heavy (non-hydrogen) atoms. The number of carbonyl (C=O) groups excluding carboxylic acids is 2. The van der Waals surface area contributed by atoms with Crippen LogP contribution in [0.2, 0.25) is 5.02 Å². The predicted molar refractivity (Wildman–Crippen MR) is 169 cm³/mol. The van der Waals surface area contributed by atoms with Crippen molar-refractivity contribution >= 4 is 39.1 Å². The SMILES string of the molecule is CCNC(=O)[C@@H](Cc1ccccc1)N(Cc1ccc(F)cc1)C(=O)CN(c1cc(Cl)ccc1OC)S(=O)(=O)c1ccccc1. The maximum Gasteiger partial charge on any atom is 0.264 e. The first-order valence-electron chi connectivity index (χ1n) is 13.9. The number of ether oxygens (including phenoxy) is 1. The third-order valence-electron chi connectivity index (χ3n) is 6.91. The fourth-order valence-corrected chi connectivity index (χ4v) is 6.33. The molecule has 11 heteroatoms. The van der Waals surface area contributed by atoms with Crippen molar-refractivity contribution in [2.45, 2.75) is 30.8 Å². The van der Waals surface area contributed by atoms with Crippen molar-refractivity contribution in [2.75, 3.05) is 24.5 Å². The maximum absolute atomic E-state index is 14.4. The standard InChI is InChI=1S/C33H33ClFN3O5S/c1-3-36-33(40)30(20-24-10-6-4-7-11-24)37(22-25-14-17-27(35)18-15-25)32(39)23-38(29-21-26(34)16-19-31(29)43-2)44(41,42)28-12-8-5-9-13-28/h4-19,21,30H,3,20,22-23H2,1-2H3,(H,36,40)/t30-/m1/s1. The van der Waals surface area contributed by atoms with E-state index in [0.29, 0.717) is 12.1 Å². The van der Waals surface area contributed by atoms with Gasteiger partial charge in [-0.15, -0.1) is 0 Å². The monoisotopic (exact) mass is 637 g/mol. The van der Waals surface area contributed by atoms with Crippen LogP contribution in [-0.4, -0.2) is 51.4 Å². The van der Waals surface area contributed by atoms with Gasteiger partial charge in [0.15, 0.2) is 0 Å². The van der Waals surface area contributed by atoms with Gasteiger partial charge in [0.1, 0.15) is 24.2 Å². The molecule has 0 heterocycles. The van der Waals surface area contributed by atoms with Crippen LogP contribution < -0.4 is 14.4 Å². The third kappa shape index (κ3) is 7.94. The Labute approximate surface area is 262 Å². The molecule has 0 fully saturated rings. The van der Waals surface area contributed by atoms with E-state index >= 15 is 0 Å². The minimum absolute atomic E-state index is 0.0514. The van der Waals surface area contributed by atoms with Crippen LogP contribution >= 0.6 is 11.6 Å². The molecule has 0 aliphatic rings. The summed E-state index contributed by atoms with van der Waals surface area (Å²) in [6.45, 7) is 1.32. The lowest BCUT2D eigenvalue weighted by atomic mass is 10.0. The summed E-state index contributed by atoms with van der Waals surface area (Å²) in [5.41, 5.74) is 1.40. The van der Waals surface area contributed by atoms with E-state index in [1.54, 1.807) is 31.2 Å². The Hall–Kier alpha value is -4.41. The van der Waals surface area contributed by atoms with E-state index in [4.69, 9.17) is 16.3 Å². The third-order valence-corrected chi connectivity index (χ3v) is 8.92. The van der Waals surface area contributed by atoms with Crippen LogP contribution in [0.15, 0.2) is 108 Å². The Morgan fingerprint density at radius 2 is 1.55 bits per heavy atom.